The number of nitrogens with zero attached hydrogens (tertiary/aromatic N) is 5. The lowest BCUT2D eigenvalue weighted by Gasteiger charge is -2.22. The van der Waals surface area contributed by atoms with Crippen molar-refractivity contribution in [3.05, 3.63) is 34.9 Å². The molecular formula is C20H30ClN5O5S. The lowest BCUT2D eigenvalue weighted by atomic mass is 10.1. The van der Waals surface area contributed by atoms with Crippen molar-refractivity contribution < 1.29 is 22.6 Å². The molecule has 2 aromatic rings. The minimum absolute atomic E-state index is 0.238. The minimum Gasteiger partial charge on any atom is -0.383 e. The van der Waals surface area contributed by atoms with Gasteiger partial charge in [-0.1, -0.05) is 11.6 Å². The van der Waals surface area contributed by atoms with E-state index in [0.717, 1.165) is 12.8 Å². The fraction of sp³-hybridized carbons (Fsp3) is 0.700. The largest absolute Gasteiger partial charge is 0.383 e. The summed E-state index contributed by atoms with van der Waals surface area (Å²) in [6.07, 6.45) is 3.40. The van der Waals surface area contributed by atoms with Crippen molar-refractivity contribution >= 4 is 21.4 Å². The first kappa shape index (κ1) is 25.0. The standard InChI is InChI=1S/C20H30ClN5O5S/c1-13(17(30-5)18-22-10-14(21)11-23-18)32(27,28)12-16-24-25-19(26(16)8-9-29-4)15-6-7-20(2,3)31-15/h10-11,13,15,17H,6-9,12H2,1-5H3/t13-,15+,17-/m0/s1. The summed E-state index contributed by atoms with van der Waals surface area (Å²) >= 11 is 5.85. The predicted octanol–water partition coefficient (Wildman–Crippen LogP) is 2.69. The Labute approximate surface area is 193 Å². The minimum atomic E-state index is -3.71. The fourth-order valence-corrected chi connectivity index (χ4v) is 5.30. The highest BCUT2D eigenvalue weighted by atomic mass is 35.5. The van der Waals surface area contributed by atoms with E-state index in [0.29, 0.717) is 29.8 Å². The van der Waals surface area contributed by atoms with Crippen molar-refractivity contribution in [1.82, 2.24) is 24.7 Å². The molecule has 0 aromatic carbocycles. The van der Waals surface area contributed by atoms with Crippen molar-refractivity contribution in [2.24, 2.45) is 0 Å². The molecule has 3 rings (SSSR count). The third kappa shape index (κ3) is 5.63. The molecule has 0 saturated carbocycles. The van der Waals surface area contributed by atoms with Crippen LogP contribution in [0.1, 0.15) is 63.3 Å². The summed E-state index contributed by atoms with van der Waals surface area (Å²) in [5.74, 6) is 0.893. The van der Waals surface area contributed by atoms with Gasteiger partial charge in [0.05, 0.1) is 22.5 Å². The molecule has 3 heterocycles. The Balaban J connectivity index is 1.86. The number of ether oxygens (including phenoxy) is 3. The van der Waals surface area contributed by atoms with E-state index < -0.39 is 21.2 Å². The molecule has 1 fully saturated rings. The van der Waals surface area contributed by atoms with Gasteiger partial charge in [-0.05, 0) is 33.6 Å². The van der Waals surface area contributed by atoms with E-state index in [-0.39, 0.29) is 23.3 Å². The van der Waals surface area contributed by atoms with Gasteiger partial charge in [0.25, 0.3) is 0 Å². The fourth-order valence-electron chi connectivity index (χ4n) is 3.76. The molecule has 10 nitrogen and oxygen atoms in total. The van der Waals surface area contributed by atoms with Gasteiger partial charge >= 0.3 is 0 Å². The SMILES string of the molecule is COCCn1c(CS(=O)(=O)[C@@H](C)[C@H](OC)c2ncc(Cl)cn2)nnc1[C@H]1CCC(C)(C)O1. The van der Waals surface area contributed by atoms with Gasteiger partial charge in [0.15, 0.2) is 21.5 Å². The van der Waals surface area contributed by atoms with Crippen LogP contribution in [0, 0.1) is 0 Å². The molecule has 1 aliphatic rings. The Morgan fingerprint density at radius 2 is 1.97 bits per heavy atom. The first-order valence-electron chi connectivity index (χ1n) is 10.4. The molecule has 0 unspecified atom stereocenters. The van der Waals surface area contributed by atoms with Crippen LogP contribution < -0.4 is 0 Å². The van der Waals surface area contributed by atoms with Crippen LogP contribution in [0.25, 0.3) is 0 Å². The first-order chi connectivity index (χ1) is 15.1. The smallest absolute Gasteiger partial charge is 0.163 e. The van der Waals surface area contributed by atoms with E-state index in [2.05, 4.69) is 20.2 Å². The van der Waals surface area contributed by atoms with Crippen LogP contribution in [0.5, 0.6) is 0 Å². The number of methoxy groups -OCH3 is 2. The van der Waals surface area contributed by atoms with Crippen molar-refractivity contribution in [2.45, 2.75) is 69.0 Å². The zero-order valence-corrected chi connectivity index (χ0v) is 20.6. The molecule has 0 N–H and O–H groups in total. The molecule has 3 atom stereocenters. The average Bonchev–Trinajstić information content (AvgIpc) is 3.30. The van der Waals surface area contributed by atoms with Gasteiger partial charge in [-0.25, -0.2) is 18.4 Å². The van der Waals surface area contributed by atoms with Crippen LogP contribution in [0.4, 0.5) is 0 Å². The third-order valence-corrected chi connectivity index (χ3v) is 7.84. The van der Waals surface area contributed by atoms with Crippen molar-refractivity contribution in [1.29, 1.82) is 0 Å². The first-order valence-corrected chi connectivity index (χ1v) is 12.5. The lowest BCUT2D eigenvalue weighted by molar-refractivity contribution is -0.0218. The Hall–Kier alpha value is -1.66. The molecule has 2 aromatic heterocycles. The lowest BCUT2D eigenvalue weighted by Crippen LogP contribution is -2.30. The Bertz CT molecular complexity index is 1010. The zero-order chi connectivity index (χ0) is 23.5. The van der Waals surface area contributed by atoms with Crippen LogP contribution in [-0.4, -0.2) is 64.8 Å². The summed E-state index contributed by atoms with van der Waals surface area (Å²) in [6, 6.07) is 0. The summed E-state index contributed by atoms with van der Waals surface area (Å²) in [6.45, 7) is 6.44. The molecule has 1 aliphatic heterocycles. The molecule has 0 radical (unpaired) electrons. The number of sulfone groups is 1. The monoisotopic (exact) mass is 487 g/mol. The number of rotatable bonds is 10. The number of hydrogen-bond acceptors (Lipinski definition) is 9. The van der Waals surface area contributed by atoms with E-state index in [1.54, 1.807) is 18.6 Å². The molecule has 178 valence electrons. The van der Waals surface area contributed by atoms with Crippen LogP contribution in [0.2, 0.25) is 5.02 Å². The van der Waals surface area contributed by atoms with Crippen LogP contribution in [0.15, 0.2) is 12.4 Å². The second kappa shape index (κ2) is 10.1. The summed E-state index contributed by atoms with van der Waals surface area (Å²) in [5, 5.41) is 7.93. The maximum Gasteiger partial charge on any atom is 0.163 e. The zero-order valence-electron chi connectivity index (χ0n) is 19.0. The molecule has 0 spiro atoms. The van der Waals surface area contributed by atoms with Gasteiger partial charge in [0.2, 0.25) is 0 Å². The Morgan fingerprint density at radius 3 is 2.53 bits per heavy atom. The van der Waals surface area contributed by atoms with Gasteiger partial charge in [-0.15, -0.1) is 10.2 Å². The molecule has 32 heavy (non-hydrogen) atoms. The highest BCUT2D eigenvalue weighted by Crippen LogP contribution is 2.38. The normalized spacial score (nSPS) is 20.4. The topological polar surface area (TPSA) is 118 Å². The number of hydrogen-bond donors (Lipinski definition) is 0. The van der Waals surface area contributed by atoms with Crippen LogP contribution in [-0.2, 0) is 36.3 Å². The van der Waals surface area contributed by atoms with Crippen LogP contribution >= 0.6 is 11.6 Å². The molecule has 1 saturated heterocycles. The number of aromatic nitrogens is 5. The highest BCUT2D eigenvalue weighted by molar-refractivity contribution is 7.91. The Kier molecular flexibility index (Phi) is 7.87. The van der Waals surface area contributed by atoms with E-state index in [1.807, 2.05) is 13.8 Å². The molecular weight excluding hydrogens is 458 g/mol. The second-order valence-corrected chi connectivity index (χ2v) is 11.2. The maximum atomic E-state index is 13.3. The Morgan fingerprint density at radius 1 is 1.28 bits per heavy atom. The number of halogens is 1. The molecule has 0 bridgehead atoms. The third-order valence-electron chi connectivity index (χ3n) is 5.60. The average molecular weight is 488 g/mol. The molecule has 0 aliphatic carbocycles. The quantitative estimate of drug-likeness (QED) is 0.498. The van der Waals surface area contributed by atoms with E-state index in [1.165, 1.54) is 19.5 Å². The maximum absolute atomic E-state index is 13.3. The predicted molar refractivity (Wildman–Crippen MR) is 118 cm³/mol. The molecule has 0 amide bonds. The van der Waals surface area contributed by atoms with Gasteiger partial charge < -0.3 is 18.8 Å². The van der Waals surface area contributed by atoms with Crippen molar-refractivity contribution in [2.75, 3.05) is 20.8 Å². The van der Waals surface area contributed by atoms with E-state index in [4.69, 9.17) is 25.8 Å². The van der Waals surface area contributed by atoms with Crippen molar-refractivity contribution in [3.63, 3.8) is 0 Å². The van der Waals surface area contributed by atoms with E-state index >= 15 is 0 Å². The summed E-state index contributed by atoms with van der Waals surface area (Å²) in [4.78, 5) is 8.24. The molecule has 12 heteroatoms. The van der Waals surface area contributed by atoms with E-state index in [9.17, 15) is 8.42 Å². The summed E-state index contributed by atoms with van der Waals surface area (Å²) in [5.41, 5.74) is -0.256. The van der Waals surface area contributed by atoms with Gasteiger partial charge in [-0.2, -0.15) is 0 Å². The summed E-state index contributed by atoms with van der Waals surface area (Å²) < 4.78 is 45.1. The second-order valence-electron chi connectivity index (χ2n) is 8.45. The van der Waals surface area contributed by atoms with Gasteiger partial charge in [0.1, 0.15) is 23.8 Å². The van der Waals surface area contributed by atoms with Crippen LogP contribution in [0.3, 0.4) is 0 Å². The highest BCUT2D eigenvalue weighted by Gasteiger charge is 2.38. The van der Waals surface area contributed by atoms with Gasteiger partial charge in [-0.3, -0.25) is 0 Å². The summed E-state index contributed by atoms with van der Waals surface area (Å²) in [7, 11) is -0.693. The van der Waals surface area contributed by atoms with Crippen molar-refractivity contribution in [3.8, 4) is 0 Å². The van der Waals surface area contributed by atoms with Gasteiger partial charge in [0, 0.05) is 33.2 Å².